The Kier molecular flexibility index (Phi) is 5.07. The third-order valence-electron chi connectivity index (χ3n) is 3.82. The number of guanidine groups is 1. The summed E-state index contributed by atoms with van der Waals surface area (Å²) in [5.41, 5.74) is 1.13. The molecule has 0 unspecified atom stereocenters. The van der Waals surface area contributed by atoms with Gasteiger partial charge in [-0.3, -0.25) is 4.99 Å². The van der Waals surface area contributed by atoms with Crippen molar-refractivity contribution in [2.45, 2.75) is 32.4 Å². The summed E-state index contributed by atoms with van der Waals surface area (Å²) in [7, 11) is 1.76. The molecule has 3 heterocycles. The van der Waals surface area contributed by atoms with Crippen LogP contribution >= 0.6 is 11.6 Å². The average Bonchev–Trinajstić information content (AvgIpc) is 3.16. The molecule has 1 aliphatic heterocycles. The topological polar surface area (TPSA) is 80.0 Å². The molecule has 2 aromatic rings. The van der Waals surface area contributed by atoms with E-state index in [9.17, 15) is 0 Å². The molecule has 7 nitrogen and oxygen atoms in total. The van der Waals surface area contributed by atoms with Gasteiger partial charge in [-0.25, -0.2) is 4.98 Å². The monoisotopic (exact) mass is 333 g/mol. The summed E-state index contributed by atoms with van der Waals surface area (Å²) in [5.74, 6) is 2.80. The zero-order chi connectivity index (χ0) is 16.1. The predicted octanol–water partition coefficient (Wildman–Crippen LogP) is 1.18. The Balaban J connectivity index is 1.45. The van der Waals surface area contributed by atoms with Crippen LogP contribution in [0.1, 0.15) is 23.6 Å². The lowest BCUT2D eigenvalue weighted by Gasteiger charge is -2.11. The molecule has 0 amide bonds. The van der Waals surface area contributed by atoms with Crippen LogP contribution in [0.15, 0.2) is 23.3 Å². The van der Waals surface area contributed by atoms with E-state index in [2.05, 4.69) is 35.4 Å². The van der Waals surface area contributed by atoms with Crippen LogP contribution < -0.4 is 10.6 Å². The van der Waals surface area contributed by atoms with Crippen LogP contribution in [-0.2, 0) is 25.9 Å². The Hall–Kier alpha value is -2.15. The second-order valence-corrected chi connectivity index (χ2v) is 5.77. The van der Waals surface area contributed by atoms with Crippen molar-refractivity contribution >= 4 is 17.6 Å². The Morgan fingerprint density at radius 1 is 1.35 bits per heavy atom. The molecule has 2 aromatic heterocycles. The SMILES string of the molecule is CN=C(NCCc1ccc(Cl)nc1)NCc1nnc2n1CCC2. The van der Waals surface area contributed by atoms with Gasteiger partial charge in [0.1, 0.15) is 11.0 Å². The predicted molar refractivity (Wildman–Crippen MR) is 89.5 cm³/mol. The quantitative estimate of drug-likeness (QED) is 0.488. The van der Waals surface area contributed by atoms with Crippen molar-refractivity contribution in [3.05, 3.63) is 40.7 Å². The van der Waals surface area contributed by atoms with Gasteiger partial charge in [0.25, 0.3) is 0 Å². The Morgan fingerprint density at radius 2 is 2.26 bits per heavy atom. The lowest BCUT2D eigenvalue weighted by atomic mass is 10.2. The van der Waals surface area contributed by atoms with Crippen molar-refractivity contribution in [1.82, 2.24) is 30.4 Å². The summed E-state index contributed by atoms with van der Waals surface area (Å²) < 4.78 is 2.18. The van der Waals surface area contributed by atoms with E-state index >= 15 is 0 Å². The third-order valence-corrected chi connectivity index (χ3v) is 4.04. The van der Waals surface area contributed by atoms with Crippen LogP contribution in [0.2, 0.25) is 5.15 Å². The molecular weight excluding hydrogens is 314 g/mol. The minimum absolute atomic E-state index is 0.514. The molecule has 3 rings (SSSR count). The first-order valence-corrected chi connectivity index (χ1v) is 8.10. The molecule has 0 atom stereocenters. The number of fused-ring (bicyclic) bond motifs is 1. The molecule has 23 heavy (non-hydrogen) atoms. The number of halogens is 1. The van der Waals surface area contributed by atoms with Gasteiger partial charge >= 0.3 is 0 Å². The normalized spacial score (nSPS) is 13.9. The number of rotatable bonds is 5. The Labute approximate surface area is 140 Å². The summed E-state index contributed by atoms with van der Waals surface area (Å²) in [6.45, 7) is 2.39. The van der Waals surface area contributed by atoms with E-state index in [4.69, 9.17) is 11.6 Å². The summed E-state index contributed by atoms with van der Waals surface area (Å²) >= 11 is 5.78. The average molecular weight is 334 g/mol. The first-order chi connectivity index (χ1) is 11.3. The molecule has 0 radical (unpaired) electrons. The fourth-order valence-electron chi connectivity index (χ4n) is 2.60. The number of pyridine rings is 1. The number of aromatic nitrogens is 4. The van der Waals surface area contributed by atoms with Gasteiger partial charge in [0.15, 0.2) is 11.8 Å². The molecule has 0 fully saturated rings. The number of hydrogen-bond acceptors (Lipinski definition) is 4. The van der Waals surface area contributed by atoms with E-state index in [1.807, 2.05) is 6.07 Å². The maximum atomic E-state index is 5.78. The van der Waals surface area contributed by atoms with E-state index in [0.29, 0.717) is 11.7 Å². The molecule has 122 valence electrons. The number of nitrogens with one attached hydrogen (secondary N) is 2. The van der Waals surface area contributed by atoms with Crippen LogP contribution in [0.25, 0.3) is 0 Å². The smallest absolute Gasteiger partial charge is 0.191 e. The highest BCUT2D eigenvalue weighted by Gasteiger charge is 2.16. The van der Waals surface area contributed by atoms with Gasteiger partial charge in [0, 0.05) is 32.8 Å². The van der Waals surface area contributed by atoms with Gasteiger partial charge in [-0.15, -0.1) is 10.2 Å². The Bertz CT molecular complexity index is 678. The third kappa shape index (κ3) is 3.98. The lowest BCUT2D eigenvalue weighted by molar-refractivity contribution is 0.662. The van der Waals surface area contributed by atoms with E-state index in [1.165, 1.54) is 0 Å². The Morgan fingerprint density at radius 3 is 3.04 bits per heavy atom. The van der Waals surface area contributed by atoms with Gasteiger partial charge in [-0.05, 0) is 24.5 Å². The number of nitrogens with zero attached hydrogens (tertiary/aromatic N) is 5. The summed E-state index contributed by atoms with van der Waals surface area (Å²) in [6, 6.07) is 3.78. The van der Waals surface area contributed by atoms with Gasteiger partial charge in [-0.1, -0.05) is 17.7 Å². The van der Waals surface area contributed by atoms with Crippen molar-refractivity contribution < 1.29 is 0 Å². The van der Waals surface area contributed by atoms with Gasteiger partial charge in [0.2, 0.25) is 0 Å². The molecule has 0 saturated carbocycles. The largest absolute Gasteiger partial charge is 0.356 e. The highest BCUT2D eigenvalue weighted by Crippen LogP contribution is 2.13. The minimum Gasteiger partial charge on any atom is -0.356 e. The van der Waals surface area contributed by atoms with Crippen LogP contribution in [0.5, 0.6) is 0 Å². The van der Waals surface area contributed by atoms with Crippen molar-refractivity contribution in [2.24, 2.45) is 4.99 Å². The highest BCUT2D eigenvalue weighted by molar-refractivity contribution is 6.29. The maximum absolute atomic E-state index is 5.78. The van der Waals surface area contributed by atoms with Crippen LogP contribution in [0, 0.1) is 0 Å². The number of hydrogen-bond donors (Lipinski definition) is 2. The van der Waals surface area contributed by atoms with E-state index in [1.54, 1.807) is 19.3 Å². The number of aryl methyl sites for hydroxylation is 1. The van der Waals surface area contributed by atoms with Crippen LogP contribution in [0.4, 0.5) is 0 Å². The zero-order valence-electron chi connectivity index (χ0n) is 13.1. The molecule has 0 aliphatic carbocycles. The van der Waals surface area contributed by atoms with E-state index in [-0.39, 0.29) is 0 Å². The molecule has 8 heteroatoms. The number of aliphatic imine (C=N–C) groups is 1. The summed E-state index contributed by atoms with van der Waals surface area (Å²) in [4.78, 5) is 8.30. The molecule has 0 bridgehead atoms. The molecule has 0 spiro atoms. The van der Waals surface area contributed by atoms with Gasteiger partial charge in [-0.2, -0.15) is 0 Å². The standard InChI is InChI=1S/C15H20ClN7/c1-17-15(18-7-6-11-4-5-12(16)19-9-11)20-10-14-22-21-13-3-2-8-23(13)14/h4-5,9H,2-3,6-8,10H2,1H3,(H2,17,18,20). The van der Waals surface area contributed by atoms with Crippen LogP contribution in [0.3, 0.4) is 0 Å². The highest BCUT2D eigenvalue weighted by atomic mass is 35.5. The molecule has 2 N–H and O–H groups in total. The van der Waals surface area contributed by atoms with Crippen molar-refractivity contribution in [3.63, 3.8) is 0 Å². The van der Waals surface area contributed by atoms with Gasteiger partial charge < -0.3 is 15.2 Å². The van der Waals surface area contributed by atoms with Crippen molar-refractivity contribution in [1.29, 1.82) is 0 Å². The lowest BCUT2D eigenvalue weighted by Crippen LogP contribution is -2.38. The zero-order valence-corrected chi connectivity index (χ0v) is 13.8. The molecule has 0 saturated heterocycles. The van der Waals surface area contributed by atoms with E-state index < -0.39 is 0 Å². The second-order valence-electron chi connectivity index (χ2n) is 5.38. The van der Waals surface area contributed by atoms with Crippen molar-refractivity contribution in [3.8, 4) is 0 Å². The molecule has 0 aromatic carbocycles. The molecule has 1 aliphatic rings. The first-order valence-electron chi connectivity index (χ1n) is 7.72. The first kappa shape index (κ1) is 15.7. The van der Waals surface area contributed by atoms with Gasteiger partial charge in [0.05, 0.1) is 6.54 Å². The molecular formula is C15H20ClN7. The second kappa shape index (κ2) is 7.41. The van der Waals surface area contributed by atoms with Crippen LogP contribution in [-0.4, -0.2) is 39.3 Å². The minimum atomic E-state index is 0.514. The fourth-order valence-corrected chi connectivity index (χ4v) is 2.72. The summed E-state index contributed by atoms with van der Waals surface area (Å²) in [5, 5.41) is 15.5. The van der Waals surface area contributed by atoms with E-state index in [0.717, 1.165) is 55.5 Å². The summed E-state index contributed by atoms with van der Waals surface area (Å²) in [6.07, 6.45) is 4.82. The van der Waals surface area contributed by atoms with Crippen molar-refractivity contribution in [2.75, 3.05) is 13.6 Å². The maximum Gasteiger partial charge on any atom is 0.191 e. The fraction of sp³-hybridized carbons (Fsp3) is 0.467.